The number of alkyl halides is 1. The minimum absolute atomic E-state index is 0.166. The van der Waals surface area contributed by atoms with Crippen LogP contribution >= 0.6 is 0 Å². The van der Waals surface area contributed by atoms with Crippen LogP contribution in [0, 0.1) is 0 Å². The zero-order valence-electron chi connectivity index (χ0n) is 12.0. The predicted octanol–water partition coefficient (Wildman–Crippen LogP) is 0.502. The fourth-order valence-corrected chi connectivity index (χ4v) is 2.79. The van der Waals surface area contributed by atoms with E-state index in [1.165, 1.54) is 6.20 Å². The van der Waals surface area contributed by atoms with Crippen LogP contribution in [0.3, 0.4) is 0 Å². The third-order valence-corrected chi connectivity index (χ3v) is 3.85. The molecule has 2 aromatic heterocycles. The van der Waals surface area contributed by atoms with E-state index in [2.05, 4.69) is 25.3 Å². The first-order chi connectivity index (χ1) is 10.2. The summed E-state index contributed by atoms with van der Waals surface area (Å²) in [7, 11) is 1.75. The summed E-state index contributed by atoms with van der Waals surface area (Å²) in [6, 6.07) is 0.166. The summed E-state index contributed by atoms with van der Waals surface area (Å²) in [6.45, 7) is 1.82. The predicted molar refractivity (Wildman–Crippen MR) is 78.2 cm³/mol. The number of aryl methyl sites for hydroxylation is 1. The lowest BCUT2D eigenvalue weighted by molar-refractivity contribution is 0.200. The van der Waals surface area contributed by atoms with E-state index in [4.69, 9.17) is 0 Å². The third-order valence-electron chi connectivity index (χ3n) is 3.85. The van der Waals surface area contributed by atoms with Crippen molar-refractivity contribution >= 4 is 17.0 Å². The first kappa shape index (κ1) is 14.0. The summed E-state index contributed by atoms with van der Waals surface area (Å²) in [5.41, 5.74) is 0.352. The lowest BCUT2D eigenvalue weighted by atomic mass is 10.1. The molecular weight excluding hydrogens is 275 g/mol. The molecule has 7 nitrogen and oxygen atoms in total. The number of fused-ring (bicyclic) bond motifs is 1. The molecule has 0 radical (unpaired) electrons. The van der Waals surface area contributed by atoms with E-state index in [-0.39, 0.29) is 18.3 Å². The molecule has 1 saturated heterocycles. The maximum Gasteiger partial charge on any atom is 0.263 e. The minimum atomic E-state index is -0.331. The molecule has 21 heavy (non-hydrogen) atoms. The summed E-state index contributed by atoms with van der Waals surface area (Å²) in [5, 5.41) is 7.76. The molecule has 3 heterocycles. The average molecular weight is 294 g/mol. The number of nitrogens with zero attached hydrogens (tertiary/aromatic N) is 4. The van der Waals surface area contributed by atoms with Gasteiger partial charge in [-0.15, -0.1) is 0 Å². The van der Waals surface area contributed by atoms with Crippen molar-refractivity contribution in [1.82, 2.24) is 24.6 Å². The molecule has 0 spiro atoms. The van der Waals surface area contributed by atoms with Gasteiger partial charge in [0.25, 0.3) is 5.56 Å². The molecule has 2 aromatic rings. The lowest BCUT2D eigenvalue weighted by Crippen LogP contribution is -2.43. The number of hydrogen-bond acceptors (Lipinski definition) is 5. The number of likely N-dealkylation sites (tertiary alicyclic amines) is 1. The molecule has 1 atom stereocenters. The van der Waals surface area contributed by atoms with E-state index < -0.39 is 0 Å². The van der Waals surface area contributed by atoms with Gasteiger partial charge in [0.15, 0.2) is 5.65 Å². The molecule has 1 fully saturated rings. The van der Waals surface area contributed by atoms with Gasteiger partial charge in [0.1, 0.15) is 12.1 Å². The Hall–Kier alpha value is -1.96. The maximum absolute atomic E-state index is 12.4. The van der Waals surface area contributed by atoms with Crippen molar-refractivity contribution in [2.45, 2.75) is 18.9 Å². The summed E-state index contributed by atoms with van der Waals surface area (Å²) in [4.78, 5) is 21.2. The second kappa shape index (κ2) is 5.80. The van der Waals surface area contributed by atoms with Gasteiger partial charge in [0, 0.05) is 26.2 Å². The standard InChI is InChI=1S/C13H19FN6O/c1-19-11-10(7-15-19)12(21)18-13(17-11)16-9-3-2-5-20(8-9)6-4-14/h7,9H,2-6,8H2,1H3,(H2,16,17,18,21). The summed E-state index contributed by atoms with van der Waals surface area (Å²) in [5.74, 6) is 0.447. The maximum atomic E-state index is 12.4. The van der Waals surface area contributed by atoms with E-state index in [9.17, 15) is 9.18 Å². The highest BCUT2D eigenvalue weighted by molar-refractivity contribution is 5.74. The van der Waals surface area contributed by atoms with Gasteiger partial charge in [0.05, 0.1) is 6.20 Å². The van der Waals surface area contributed by atoms with E-state index in [0.717, 1.165) is 25.9 Å². The van der Waals surface area contributed by atoms with E-state index >= 15 is 0 Å². The largest absolute Gasteiger partial charge is 0.352 e. The second-order valence-corrected chi connectivity index (χ2v) is 5.39. The molecule has 0 bridgehead atoms. The van der Waals surface area contributed by atoms with E-state index in [1.54, 1.807) is 11.7 Å². The smallest absolute Gasteiger partial charge is 0.263 e. The van der Waals surface area contributed by atoms with Crippen molar-refractivity contribution in [2.75, 3.05) is 31.6 Å². The molecule has 2 N–H and O–H groups in total. The van der Waals surface area contributed by atoms with Crippen LogP contribution in [-0.4, -0.2) is 57.0 Å². The van der Waals surface area contributed by atoms with Crippen molar-refractivity contribution < 1.29 is 4.39 Å². The van der Waals surface area contributed by atoms with Gasteiger partial charge in [-0.05, 0) is 19.4 Å². The molecule has 1 aliphatic heterocycles. The van der Waals surface area contributed by atoms with Gasteiger partial charge in [-0.2, -0.15) is 10.1 Å². The molecule has 1 unspecified atom stereocenters. The summed E-state index contributed by atoms with van der Waals surface area (Å²) < 4.78 is 14.0. The number of aromatic amines is 1. The van der Waals surface area contributed by atoms with Crippen LogP contribution in [0.25, 0.3) is 11.0 Å². The first-order valence-corrected chi connectivity index (χ1v) is 7.14. The zero-order chi connectivity index (χ0) is 14.8. The van der Waals surface area contributed by atoms with Crippen LogP contribution in [0.5, 0.6) is 0 Å². The Balaban J connectivity index is 1.78. The molecule has 3 rings (SSSR count). The number of rotatable bonds is 4. The van der Waals surface area contributed by atoms with Crippen molar-refractivity contribution in [3.8, 4) is 0 Å². The third kappa shape index (κ3) is 2.90. The monoisotopic (exact) mass is 294 g/mol. The van der Waals surface area contributed by atoms with Crippen LogP contribution in [0.4, 0.5) is 10.3 Å². The Morgan fingerprint density at radius 1 is 1.57 bits per heavy atom. The van der Waals surface area contributed by atoms with E-state index in [1.807, 2.05) is 0 Å². The molecule has 114 valence electrons. The molecule has 1 aliphatic rings. The molecular formula is C13H19FN6O. The highest BCUT2D eigenvalue weighted by Crippen LogP contribution is 2.14. The van der Waals surface area contributed by atoms with Crippen LogP contribution in [0.15, 0.2) is 11.0 Å². The molecule has 0 aliphatic carbocycles. The number of piperidine rings is 1. The Bertz CT molecular complexity index is 679. The number of hydrogen-bond donors (Lipinski definition) is 2. The number of nitrogens with one attached hydrogen (secondary N) is 2. The van der Waals surface area contributed by atoms with Gasteiger partial charge in [0.2, 0.25) is 5.95 Å². The quantitative estimate of drug-likeness (QED) is 0.858. The molecule has 0 amide bonds. The summed E-state index contributed by atoms with van der Waals surface area (Å²) in [6.07, 6.45) is 3.50. The topological polar surface area (TPSA) is 78.8 Å². The number of H-pyrrole nitrogens is 1. The van der Waals surface area contributed by atoms with Gasteiger partial charge >= 0.3 is 0 Å². The highest BCUT2D eigenvalue weighted by Gasteiger charge is 2.20. The first-order valence-electron chi connectivity index (χ1n) is 7.14. The Kier molecular flexibility index (Phi) is 3.87. The minimum Gasteiger partial charge on any atom is -0.352 e. The Morgan fingerprint density at radius 2 is 2.43 bits per heavy atom. The lowest BCUT2D eigenvalue weighted by Gasteiger charge is -2.32. The fourth-order valence-electron chi connectivity index (χ4n) is 2.79. The average Bonchev–Trinajstić information content (AvgIpc) is 2.82. The van der Waals surface area contributed by atoms with Gasteiger partial charge in [-0.25, -0.2) is 4.39 Å². The second-order valence-electron chi connectivity index (χ2n) is 5.39. The number of halogens is 1. The van der Waals surface area contributed by atoms with Crippen LogP contribution < -0.4 is 10.9 Å². The van der Waals surface area contributed by atoms with Crippen molar-refractivity contribution in [3.05, 3.63) is 16.6 Å². The van der Waals surface area contributed by atoms with E-state index in [0.29, 0.717) is 23.5 Å². The summed E-state index contributed by atoms with van der Waals surface area (Å²) >= 11 is 0. The van der Waals surface area contributed by atoms with Crippen molar-refractivity contribution in [2.24, 2.45) is 7.05 Å². The van der Waals surface area contributed by atoms with Crippen LogP contribution in [0.1, 0.15) is 12.8 Å². The van der Waals surface area contributed by atoms with Gasteiger partial charge < -0.3 is 5.32 Å². The Morgan fingerprint density at radius 3 is 3.24 bits per heavy atom. The van der Waals surface area contributed by atoms with Gasteiger partial charge in [-0.3, -0.25) is 19.4 Å². The number of aromatic nitrogens is 4. The SMILES string of the molecule is Cn1ncc2c(=O)[nH]c(NC3CCCN(CCF)C3)nc21. The number of anilines is 1. The van der Waals surface area contributed by atoms with Crippen LogP contribution in [0.2, 0.25) is 0 Å². The molecule has 0 aromatic carbocycles. The fraction of sp³-hybridized carbons (Fsp3) is 0.615. The van der Waals surface area contributed by atoms with Gasteiger partial charge in [-0.1, -0.05) is 0 Å². The van der Waals surface area contributed by atoms with Crippen molar-refractivity contribution in [1.29, 1.82) is 0 Å². The van der Waals surface area contributed by atoms with Crippen molar-refractivity contribution in [3.63, 3.8) is 0 Å². The zero-order valence-corrected chi connectivity index (χ0v) is 12.0. The van der Waals surface area contributed by atoms with Crippen LogP contribution in [-0.2, 0) is 7.05 Å². The Labute approximate surface area is 121 Å². The molecule has 8 heteroatoms. The molecule has 0 saturated carbocycles. The normalized spacial score (nSPS) is 20.0. The highest BCUT2D eigenvalue weighted by atomic mass is 19.1.